The van der Waals surface area contributed by atoms with Crippen LogP contribution in [0.25, 0.3) is 0 Å². The van der Waals surface area contributed by atoms with Gasteiger partial charge in [-0.05, 0) is 38.8 Å². The molecule has 0 fully saturated rings. The maximum absolute atomic E-state index is 11.5. The molecule has 0 atom stereocenters. The molecule has 16 nitrogen and oxygen atoms in total. The molecule has 244 valence electrons. The number of amides is 4. The van der Waals surface area contributed by atoms with Crippen LogP contribution in [0.4, 0.5) is 9.59 Å². The van der Waals surface area contributed by atoms with Gasteiger partial charge >= 0.3 is 49.9 Å². The normalized spacial score (nSPS) is 9.87. The molecule has 4 amide bonds. The third-order valence-corrected chi connectivity index (χ3v) is 5.14. The fourth-order valence-electron chi connectivity index (χ4n) is 2.74. The third-order valence-electron chi connectivity index (χ3n) is 5.14. The predicted octanol–water partition coefficient (Wildman–Crippen LogP) is -2.92. The Bertz CT molecular complexity index is 1130. The fraction of sp³-hybridized carbons (Fsp3) is 0.357. The molecule has 0 saturated carbocycles. The zero-order valence-corrected chi connectivity index (χ0v) is 27.6. The molecule has 2 aromatic rings. The number of carboxylic acid groups (broad SMARTS) is 2. The molecule has 8 N–H and O–H groups in total. The van der Waals surface area contributed by atoms with Crippen LogP contribution in [0.5, 0.6) is 0 Å². The van der Waals surface area contributed by atoms with E-state index in [0.29, 0.717) is 0 Å². The van der Waals surface area contributed by atoms with E-state index in [-0.39, 0.29) is 75.0 Å². The summed E-state index contributed by atoms with van der Waals surface area (Å²) in [5.74, 6) is -4.13. The van der Waals surface area contributed by atoms with Gasteiger partial charge in [0.05, 0.1) is 23.0 Å². The van der Waals surface area contributed by atoms with Gasteiger partial charge in [0.2, 0.25) is 11.8 Å². The van der Waals surface area contributed by atoms with Crippen LogP contribution in [0, 0.1) is 0 Å². The van der Waals surface area contributed by atoms with E-state index in [4.69, 9.17) is 9.47 Å². The Labute approximate surface area is 289 Å². The number of alkyl carbamates (subject to hydrolysis) is 2. The number of aliphatic carboxylic acids is 2. The molecular weight excluding hydrogens is 624 g/mol. The minimum atomic E-state index is -1.51. The van der Waals surface area contributed by atoms with Crippen molar-refractivity contribution in [2.75, 3.05) is 13.1 Å². The summed E-state index contributed by atoms with van der Waals surface area (Å²) in [6, 6.07) is 18.1. The minimum Gasteiger partial charge on any atom is -0.548 e. The fourth-order valence-corrected chi connectivity index (χ4v) is 2.74. The molecule has 17 heteroatoms. The minimum absolute atomic E-state index is 0. The maximum Gasteiger partial charge on any atom is 2.00 e. The first kappa shape index (κ1) is 45.5. The van der Waals surface area contributed by atoms with E-state index in [0.717, 1.165) is 11.1 Å². The molecule has 0 saturated heterocycles. The van der Waals surface area contributed by atoms with Crippen LogP contribution in [0.3, 0.4) is 0 Å². The first-order valence-corrected chi connectivity index (χ1v) is 12.6. The number of benzene rings is 2. The van der Waals surface area contributed by atoms with Crippen molar-refractivity contribution < 1.29 is 59.4 Å². The van der Waals surface area contributed by atoms with Gasteiger partial charge in [0.15, 0.2) is 0 Å². The molecule has 0 aliphatic heterocycles. The number of nitrogens with one attached hydrogen (secondary N) is 4. The Morgan fingerprint density at radius 1 is 0.600 bits per heavy atom. The first-order valence-electron chi connectivity index (χ1n) is 12.6. The summed E-state index contributed by atoms with van der Waals surface area (Å²) < 4.78 is 9.79. The van der Waals surface area contributed by atoms with E-state index in [1.165, 1.54) is 27.7 Å². The molecule has 2 aromatic carbocycles. The average molecular weight is 663 g/mol. The van der Waals surface area contributed by atoms with Crippen LogP contribution in [-0.4, -0.2) is 109 Å². The molecule has 2 rings (SSSR count). The predicted molar refractivity (Wildman–Crippen MR) is 157 cm³/mol. The summed E-state index contributed by atoms with van der Waals surface area (Å²) in [6.07, 6.45) is -1.53. The van der Waals surface area contributed by atoms with Crippen LogP contribution >= 0.6 is 0 Å². The van der Waals surface area contributed by atoms with Gasteiger partial charge in [0.25, 0.3) is 0 Å². The first-order chi connectivity index (χ1) is 19.6. The second-order valence-electron chi connectivity index (χ2n) is 9.75. The van der Waals surface area contributed by atoms with Crippen molar-refractivity contribution in [2.45, 2.75) is 52.0 Å². The molecule has 0 bridgehead atoms. The van der Waals surface area contributed by atoms with E-state index in [1.54, 1.807) is 24.3 Å². The monoisotopic (exact) mass is 662 g/mol. The number of carbonyl (C=O) groups excluding carboxylic acids is 6. The number of ether oxygens (including phenoxy) is 2. The van der Waals surface area contributed by atoms with Crippen LogP contribution in [0.15, 0.2) is 60.7 Å². The second kappa shape index (κ2) is 22.5. The van der Waals surface area contributed by atoms with Gasteiger partial charge in [-0.3, -0.25) is 9.59 Å². The van der Waals surface area contributed by atoms with Crippen LogP contribution in [0.2, 0.25) is 0 Å². The summed E-state index contributed by atoms with van der Waals surface area (Å²) in [6.45, 7) is 4.54. The van der Waals surface area contributed by atoms with Crippen molar-refractivity contribution in [2.24, 2.45) is 0 Å². The number of rotatable bonds is 12. The van der Waals surface area contributed by atoms with Gasteiger partial charge < -0.3 is 61.5 Å². The average Bonchev–Trinajstić information content (AvgIpc) is 2.93. The Morgan fingerprint density at radius 2 is 0.889 bits per heavy atom. The summed E-state index contributed by atoms with van der Waals surface area (Å²) >= 11 is 0. The van der Waals surface area contributed by atoms with E-state index in [1.807, 2.05) is 36.4 Å². The quantitative estimate of drug-likeness (QED) is 0.168. The number of hydrogen-bond donors (Lipinski definition) is 4. The van der Waals surface area contributed by atoms with Gasteiger partial charge in [0, 0.05) is 0 Å². The summed E-state index contributed by atoms with van der Waals surface area (Å²) in [5, 5.41) is 30.3. The van der Waals surface area contributed by atoms with Crippen LogP contribution < -0.4 is 31.5 Å². The van der Waals surface area contributed by atoms with Crippen molar-refractivity contribution in [3.05, 3.63) is 71.8 Å². The number of hydrogen-bond acceptors (Lipinski definition) is 10. The van der Waals surface area contributed by atoms with E-state index in [2.05, 4.69) is 21.3 Å². The molecule has 0 unspecified atom stereocenters. The summed E-state index contributed by atoms with van der Waals surface area (Å²) in [4.78, 5) is 67.1. The maximum atomic E-state index is 11.5. The van der Waals surface area contributed by atoms with Crippen LogP contribution in [0.1, 0.15) is 38.8 Å². The SMILES string of the molecule is CC(C)(NC(=O)CNC(=O)OCc1ccccc1)C(=O)[O-].CC(C)(NC(=O)CNC(=O)OCc1ccccc1)C(=O)[O-].O.O.[Ca+2]. The Hall–Kier alpha value is -3.96. The van der Waals surface area contributed by atoms with Gasteiger partial charge in [-0.1, -0.05) is 60.7 Å². The van der Waals surface area contributed by atoms with Gasteiger partial charge in [-0.2, -0.15) is 0 Å². The van der Waals surface area contributed by atoms with E-state index in [9.17, 15) is 39.0 Å². The summed E-state index contributed by atoms with van der Waals surface area (Å²) in [5.41, 5.74) is -1.38. The van der Waals surface area contributed by atoms with Crippen molar-refractivity contribution >= 4 is 73.7 Å². The summed E-state index contributed by atoms with van der Waals surface area (Å²) in [7, 11) is 0. The molecule has 45 heavy (non-hydrogen) atoms. The van der Waals surface area contributed by atoms with Gasteiger partial charge in [0.1, 0.15) is 26.3 Å². The standard InChI is InChI=1S/2C14H18N2O5.Ca.2H2O/c2*1-14(2,12(18)19)16-11(17)8-15-13(20)21-9-10-6-4-3-5-7-10;;;/h2*3-7H,8-9H2,1-2H3,(H,15,20)(H,16,17)(H,18,19);;2*1H2/q;;+2;;/p-2. The molecule has 0 aliphatic carbocycles. The molecule has 0 radical (unpaired) electrons. The topological polar surface area (TPSA) is 278 Å². The smallest absolute Gasteiger partial charge is 0.548 e. The van der Waals surface area contributed by atoms with Crippen LogP contribution in [-0.2, 0) is 41.9 Å². The molecule has 0 aromatic heterocycles. The zero-order valence-electron chi connectivity index (χ0n) is 25.4. The molecular formula is C28H38CaN4O12. The van der Waals surface area contributed by atoms with Gasteiger partial charge in [-0.15, -0.1) is 0 Å². The van der Waals surface area contributed by atoms with Crippen molar-refractivity contribution in [1.82, 2.24) is 21.3 Å². The Kier molecular flexibility index (Phi) is 22.8. The van der Waals surface area contributed by atoms with Crippen molar-refractivity contribution in [1.29, 1.82) is 0 Å². The van der Waals surface area contributed by atoms with Crippen molar-refractivity contribution in [3.63, 3.8) is 0 Å². The number of carboxylic acids is 2. The van der Waals surface area contributed by atoms with Gasteiger partial charge in [-0.25, -0.2) is 9.59 Å². The Morgan fingerprint density at radius 3 is 1.16 bits per heavy atom. The van der Waals surface area contributed by atoms with E-state index >= 15 is 0 Å². The molecule has 0 heterocycles. The largest absolute Gasteiger partial charge is 2.00 e. The zero-order chi connectivity index (χ0) is 31.8. The Balaban J connectivity index is -0.000000735. The number of carbonyl (C=O) groups is 6. The van der Waals surface area contributed by atoms with E-state index < -0.39 is 47.0 Å². The molecule has 0 aliphatic rings. The van der Waals surface area contributed by atoms with Crippen molar-refractivity contribution in [3.8, 4) is 0 Å². The second-order valence-corrected chi connectivity index (χ2v) is 9.75. The third kappa shape index (κ3) is 19.8. The molecule has 0 spiro atoms.